The second-order valence-electron chi connectivity index (χ2n) is 5.50. The Morgan fingerprint density at radius 2 is 1.94 bits per heavy atom. The largest absolute Gasteiger partial charge is 0.472 e. The van der Waals surface area contributed by atoms with Gasteiger partial charge >= 0.3 is 0 Å². The molecule has 2 rings (SSSR count). The predicted molar refractivity (Wildman–Crippen MR) is 66.2 cm³/mol. The molecule has 0 radical (unpaired) electrons. The first-order chi connectivity index (χ1) is 7.70. The van der Waals surface area contributed by atoms with Crippen LogP contribution in [0.25, 0.3) is 0 Å². The molecule has 1 N–H and O–H groups in total. The normalized spacial score (nSPS) is 32.6. The Labute approximate surface area is 98.4 Å². The summed E-state index contributed by atoms with van der Waals surface area (Å²) in [6.45, 7) is 4.76. The molecule has 3 unspecified atom stereocenters. The smallest absolute Gasteiger partial charge is 0.0950 e. The molecule has 1 saturated carbocycles. The van der Waals surface area contributed by atoms with Crippen LogP contribution < -0.4 is 5.32 Å². The van der Waals surface area contributed by atoms with Crippen molar-refractivity contribution in [1.82, 2.24) is 5.32 Å². The van der Waals surface area contributed by atoms with Gasteiger partial charge in [-0.05, 0) is 50.1 Å². The summed E-state index contributed by atoms with van der Waals surface area (Å²) < 4.78 is 5.20. The molecule has 1 aliphatic carbocycles. The van der Waals surface area contributed by atoms with Crippen LogP contribution in [0.15, 0.2) is 23.0 Å². The molecule has 16 heavy (non-hydrogen) atoms. The predicted octanol–water partition coefficient (Wildman–Crippen LogP) is 3.61. The van der Waals surface area contributed by atoms with E-state index in [2.05, 4.69) is 32.3 Å². The van der Waals surface area contributed by atoms with Gasteiger partial charge in [-0.15, -0.1) is 0 Å². The zero-order chi connectivity index (χ0) is 11.5. The van der Waals surface area contributed by atoms with Crippen molar-refractivity contribution >= 4 is 0 Å². The van der Waals surface area contributed by atoms with Crippen molar-refractivity contribution in [3.05, 3.63) is 24.2 Å². The van der Waals surface area contributed by atoms with Crippen LogP contribution in [0.2, 0.25) is 0 Å². The third-order valence-electron chi connectivity index (χ3n) is 3.90. The van der Waals surface area contributed by atoms with E-state index in [0.29, 0.717) is 6.04 Å². The molecular weight excluding hydrogens is 198 g/mol. The molecule has 1 heterocycles. The standard InChI is InChI=1S/C14H23NO/c1-10-6-11(2)8-13(7-10)14(15-3)12-4-5-16-9-12/h4-5,9-11,13-15H,6-8H2,1-3H3. The SMILES string of the molecule is CNC(c1ccoc1)C1CC(C)CC(C)C1. The highest BCUT2D eigenvalue weighted by molar-refractivity contribution is 5.13. The lowest BCUT2D eigenvalue weighted by Gasteiger charge is -2.36. The molecule has 1 aromatic heterocycles. The molecule has 0 aliphatic heterocycles. The molecule has 1 aliphatic rings. The van der Waals surface area contributed by atoms with Crippen LogP contribution in [0.3, 0.4) is 0 Å². The van der Waals surface area contributed by atoms with Crippen LogP contribution in [0, 0.1) is 17.8 Å². The molecule has 0 spiro atoms. The number of hydrogen-bond donors (Lipinski definition) is 1. The van der Waals surface area contributed by atoms with Crippen molar-refractivity contribution in [2.45, 2.75) is 39.2 Å². The van der Waals surface area contributed by atoms with Crippen molar-refractivity contribution in [3.8, 4) is 0 Å². The number of furan rings is 1. The van der Waals surface area contributed by atoms with Gasteiger partial charge in [0.2, 0.25) is 0 Å². The summed E-state index contributed by atoms with van der Waals surface area (Å²) in [7, 11) is 2.06. The third kappa shape index (κ3) is 2.49. The molecule has 0 saturated heterocycles. The third-order valence-corrected chi connectivity index (χ3v) is 3.90. The fourth-order valence-electron chi connectivity index (χ4n) is 3.41. The average Bonchev–Trinajstić information content (AvgIpc) is 2.70. The fraction of sp³-hybridized carbons (Fsp3) is 0.714. The zero-order valence-corrected chi connectivity index (χ0v) is 10.6. The van der Waals surface area contributed by atoms with Gasteiger partial charge in [0, 0.05) is 11.6 Å². The Bertz CT molecular complexity index is 297. The van der Waals surface area contributed by atoms with Crippen molar-refractivity contribution < 1.29 is 4.42 Å². The van der Waals surface area contributed by atoms with Crippen LogP contribution in [-0.2, 0) is 0 Å². The van der Waals surface area contributed by atoms with Gasteiger partial charge in [-0.3, -0.25) is 0 Å². The van der Waals surface area contributed by atoms with Gasteiger partial charge in [0.05, 0.1) is 12.5 Å². The van der Waals surface area contributed by atoms with E-state index in [9.17, 15) is 0 Å². The van der Waals surface area contributed by atoms with Crippen molar-refractivity contribution in [3.63, 3.8) is 0 Å². The van der Waals surface area contributed by atoms with Crippen LogP contribution >= 0.6 is 0 Å². The monoisotopic (exact) mass is 221 g/mol. The molecule has 1 fully saturated rings. The van der Waals surface area contributed by atoms with Gasteiger partial charge in [0.15, 0.2) is 0 Å². The second kappa shape index (κ2) is 5.05. The lowest BCUT2D eigenvalue weighted by atomic mass is 9.73. The Morgan fingerprint density at radius 3 is 2.44 bits per heavy atom. The van der Waals surface area contributed by atoms with Gasteiger partial charge in [-0.25, -0.2) is 0 Å². The first kappa shape index (κ1) is 11.7. The second-order valence-corrected chi connectivity index (χ2v) is 5.50. The molecular formula is C14H23NO. The van der Waals surface area contributed by atoms with E-state index in [1.54, 1.807) is 6.26 Å². The van der Waals surface area contributed by atoms with Crippen molar-refractivity contribution in [2.24, 2.45) is 17.8 Å². The van der Waals surface area contributed by atoms with E-state index >= 15 is 0 Å². The fourth-order valence-corrected chi connectivity index (χ4v) is 3.41. The van der Waals surface area contributed by atoms with Crippen LogP contribution in [0.5, 0.6) is 0 Å². The minimum absolute atomic E-state index is 0.462. The lowest BCUT2D eigenvalue weighted by molar-refractivity contribution is 0.180. The van der Waals surface area contributed by atoms with Gasteiger partial charge in [-0.2, -0.15) is 0 Å². The Hall–Kier alpha value is -0.760. The van der Waals surface area contributed by atoms with E-state index in [4.69, 9.17) is 4.42 Å². The van der Waals surface area contributed by atoms with Gasteiger partial charge < -0.3 is 9.73 Å². The number of hydrogen-bond acceptors (Lipinski definition) is 2. The summed E-state index contributed by atoms with van der Waals surface area (Å²) >= 11 is 0. The summed E-state index contributed by atoms with van der Waals surface area (Å²) in [5.74, 6) is 2.47. The van der Waals surface area contributed by atoms with Crippen LogP contribution in [-0.4, -0.2) is 7.05 Å². The minimum atomic E-state index is 0.462. The highest BCUT2D eigenvalue weighted by Crippen LogP contribution is 2.39. The first-order valence-corrected chi connectivity index (χ1v) is 6.40. The summed E-state index contributed by atoms with van der Waals surface area (Å²) in [4.78, 5) is 0. The molecule has 2 nitrogen and oxygen atoms in total. The van der Waals surface area contributed by atoms with Gasteiger partial charge in [-0.1, -0.05) is 13.8 Å². The van der Waals surface area contributed by atoms with Gasteiger partial charge in [0.25, 0.3) is 0 Å². The average molecular weight is 221 g/mol. The van der Waals surface area contributed by atoms with Crippen LogP contribution in [0.1, 0.15) is 44.7 Å². The molecule has 1 aromatic rings. The first-order valence-electron chi connectivity index (χ1n) is 6.40. The van der Waals surface area contributed by atoms with Crippen molar-refractivity contribution in [1.29, 1.82) is 0 Å². The quantitative estimate of drug-likeness (QED) is 0.843. The maximum Gasteiger partial charge on any atom is 0.0950 e. The van der Waals surface area contributed by atoms with E-state index < -0.39 is 0 Å². The maximum atomic E-state index is 5.20. The van der Waals surface area contributed by atoms with E-state index in [-0.39, 0.29) is 0 Å². The lowest BCUT2D eigenvalue weighted by Crippen LogP contribution is -2.31. The number of rotatable bonds is 3. The number of nitrogens with one attached hydrogen (secondary N) is 1. The zero-order valence-electron chi connectivity index (χ0n) is 10.6. The Kier molecular flexibility index (Phi) is 3.70. The molecule has 0 bridgehead atoms. The van der Waals surface area contributed by atoms with E-state index in [1.807, 2.05) is 6.26 Å². The molecule has 2 heteroatoms. The minimum Gasteiger partial charge on any atom is -0.472 e. The van der Waals surface area contributed by atoms with E-state index in [1.165, 1.54) is 24.8 Å². The highest BCUT2D eigenvalue weighted by Gasteiger charge is 2.30. The van der Waals surface area contributed by atoms with E-state index in [0.717, 1.165) is 17.8 Å². The summed E-state index contributed by atoms with van der Waals surface area (Å²) in [5, 5.41) is 3.46. The molecule has 0 aromatic carbocycles. The van der Waals surface area contributed by atoms with Gasteiger partial charge in [0.1, 0.15) is 0 Å². The Morgan fingerprint density at radius 1 is 1.25 bits per heavy atom. The molecule has 3 atom stereocenters. The Balaban J connectivity index is 2.09. The highest BCUT2D eigenvalue weighted by atomic mass is 16.3. The van der Waals surface area contributed by atoms with Crippen LogP contribution in [0.4, 0.5) is 0 Å². The molecule has 0 amide bonds. The summed E-state index contributed by atoms with van der Waals surface area (Å²) in [6, 6.07) is 2.55. The van der Waals surface area contributed by atoms with Crippen molar-refractivity contribution in [2.75, 3.05) is 7.05 Å². The molecule has 90 valence electrons. The summed E-state index contributed by atoms with van der Waals surface area (Å²) in [6.07, 6.45) is 7.71. The summed E-state index contributed by atoms with van der Waals surface area (Å²) in [5.41, 5.74) is 1.30. The maximum absolute atomic E-state index is 5.20. The topological polar surface area (TPSA) is 25.2 Å².